The Morgan fingerprint density at radius 1 is 1.42 bits per heavy atom. The average Bonchev–Trinajstić information content (AvgIpc) is 2.62. The Balaban J connectivity index is 2.00. The molecule has 0 aromatic carbocycles. The number of carboxylic acid groups (broad SMARTS) is 1. The lowest BCUT2D eigenvalue weighted by Crippen LogP contribution is -2.03. The van der Waals surface area contributed by atoms with Gasteiger partial charge >= 0.3 is 5.97 Å². The summed E-state index contributed by atoms with van der Waals surface area (Å²) in [6.07, 6.45) is 6.91. The summed E-state index contributed by atoms with van der Waals surface area (Å²) in [4.78, 5) is 10.9. The molecule has 0 amide bonds. The molecule has 2 rings (SSSR count). The number of carbonyl (C=O) groups is 1. The highest BCUT2D eigenvalue weighted by molar-refractivity contribution is 7.99. The number of hydrogen-bond acceptors (Lipinski definition) is 4. The normalized spacial score (nSPS) is 15.9. The lowest BCUT2D eigenvalue weighted by atomic mass is 10.2. The highest BCUT2D eigenvalue weighted by Crippen LogP contribution is 2.22. The molecule has 0 unspecified atom stereocenters. The zero-order valence-corrected chi connectivity index (χ0v) is 11.9. The third kappa shape index (κ3) is 3.59. The van der Waals surface area contributed by atoms with Crippen LogP contribution in [0.4, 0.5) is 0 Å². The zero-order valence-electron chi connectivity index (χ0n) is 11.1. The molecule has 0 fully saturated rings. The molecule has 0 saturated heterocycles. The fraction of sp³-hybridized carbons (Fsp3) is 0.615. The van der Waals surface area contributed by atoms with E-state index < -0.39 is 5.97 Å². The predicted octanol–water partition coefficient (Wildman–Crippen LogP) is 2.52. The standard InChI is InChI=1S/C13H19N3O2S/c1-2-10(12(17)18)7-9-19-13-15-14-11-6-4-3-5-8-16(11)13/h7H,2-6,8-9H2,1H3,(H,17,18). The minimum atomic E-state index is -0.830. The lowest BCUT2D eigenvalue weighted by molar-refractivity contribution is -0.132. The molecule has 6 heteroatoms. The van der Waals surface area contributed by atoms with Gasteiger partial charge in [0.25, 0.3) is 0 Å². The maximum atomic E-state index is 10.9. The van der Waals surface area contributed by atoms with Crippen molar-refractivity contribution in [2.45, 2.75) is 50.7 Å². The van der Waals surface area contributed by atoms with Gasteiger partial charge in [0.15, 0.2) is 5.16 Å². The van der Waals surface area contributed by atoms with Gasteiger partial charge in [0.1, 0.15) is 5.82 Å². The van der Waals surface area contributed by atoms with E-state index in [1.165, 1.54) is 19.3 Å². The van der Waals surface area contributed by atoms with Gasteiger partial charge < -0.3 is 9.67 Å². The van der Waals surface area contributed by atoms with Crippen molar-refractivity contribution in [2.75, 3.05) is 5.75 Å². The van der Waals surface area contributed by atoms with E-state index in [4.69, 9.17) is 5.11 Å². The topological polar surface area (TPSA) is 68.0 Å². The Morgan fingerprint density at radius 2 is 2.26 bits per heavy atom. The summed E-state index contributed by atoms with van der Waals surface area (Å²) in [6.45, 7) is 2.83. The van der Waals surface area contributed by atoms with Crippen molar-refractivity contribution in [1.29, 1.82) is 0 Å². The summed E-state index contributed by atoms with van der Waals surface area (Å²) in [6, 6.07) is 0. The maximum absolute atomic E-state index is 10.9. The molecule has 1 aromatic rings. The molecule has 1 aliphatic rings. The second-order valence-electron chi connectivity index (χ2n) is 4.56. The molecule has 1 N–H and O–H groups in total. The van der Waals surface area contributed by atoms with Crippen molar-refractivity contribution < 1.29 is 9.90 Å². The minimum absolute atomic E-state index is 0.461. The van der Waals surface area contributed by atoms with E-state index in [0.717, 1.165) is 23.9 Å². The van der Waals surface area contributed by atoms with Crippen LogP contribution in [0.2, 0.25) is 0 Å². The van der Waals surface area contributed by atoms with Crippen LogP contribution in [0.1, 0.15) is 38.4 Å². The van der Waals surface area contributed by atoms with Gasteiger partial charge in [-0.1, -0.05) is 31.2 Å². The Kier molecular flexibility index (Phi) is 5.01. The van der Waals surface area contributed by atoms with E-state index in [1.54, 1.807) is 17.8 Å². The van der Waals surface area contributed by atoms with Crippen molar-refractivity contribution in [3.63, 3.8) is 0 Å². The molecule has 0 saturated carbocycles. The smallest absolute Gasteiger partial charge is 0.331 e. The number of nitrogens with zero attached hydrogens (tertiary/aromatic N) is 3. The van der Waals surface area contributed by atoms with Gasteiger partial charge in [-0.05, 0) is 19.3 Å². The highest BCUT2D eigenvalue weighted by Gasteiger charge is 2.14. The van der Waals surface area contributed by atoms with Crippen LogP contribution in [-0.2, 0) is 17.8 Å². The molecule has 0 bridgehead atoms. The van der Waals surface area contributed by atoms with Crippen LogP contribution in [0.15, 0.2) is 16.8 Å². The van der Waals surface area contributed by atoms with E-state index in [-0.39, 0.29) is 0 Å². The summed E-state index contributed by atoms with van der Waals surface area (Å²) < 4.78 is 2.18. The molecule has 1 aliphatic heterocycles. The third-order valence-electron chi connectivity index (χ3n) is 3.27. The second-order valence-corrected chi connectivity index (χ2v) is 5.55. The molecule has 104 valence electrons. The quantitative estimate of drug-likeness (QED) is 0.663. The number of thioether (sulfide) groups is 1. The minimum Gasteiger partial charge on any atom is -0.478 e. The molecule has 0 atom stereocenters. The van der Waals surface area contributed by atoms with E-state index in [2.05, 4.69) is 14.8 Å². The first-order valence-electron chi connectivity index (χ1n) is 6.69. The molecular formula is C13H19N3O2S. The van der Waals surface area contributed by atoms with Crippen LogP contribution < -0.4 is 0 Å². The van der Waals surface area contributed by atoms with Gasteiger partial charge in [-0.3, -0.25) is 0 Å². The van der Waals surface area contributed by atoms with Gasteiger partial charge in [-0.2, -0.15) is 0 Å². The van der Waals surface area contributed by atoms with Gasteiger partial charge in [0.05, 0.1) is 0 Å². The van der Waals surface area contributed by atoms with Crippen LogP contribution in [0.25, 0.3) is 0 Å². The van der Waals surface area contributed by atoms with Crippen LogP contribution in [0, 0.1) is 0 Å². The Bertz CT molecular complexity index is 482. The van der Waals surface area contributed by atoms with E-state index in [0.29, 0.717) is 17.7 Å². The monoisotopic (exact) mass is 281 g/mol. The highest BCUT2D eigenvalue weighted by atomic mass is 32.2. The number of carboxylic acids is 1. The molecular weight excluding hydrogens is 262 g/mol. The van der Waals surface area contributed by atoms with Gasteiger partial charge in [-0.25, -0.2) is 4.79 Å². The van der Waals surface area contributed by atoms with Gasteiger partial charge in [-0.15, -0.1) is 10.2 Å². The Hall–Kier alpha value is -1.30. The predicted molar refractivity (Wildman–Crippen MR) is 74.3 cm³/mol. The van der Waals surface area contributed by atoms with Crippen LogP contribution in [-0.4, -0.2) is 31.6 Å². The van der Waals surface area contributed by atoms with Crippen molar-refractivity contribution in [3.05, 3.63) is 17.5 Å². The lowest BCUT2D eigenvalue weighted by Gasteiger charge is -2.05. The van der Waals surface area contributed by atoms with Crippen molar-refractivity contribution in [1.82, 2.24) is 14.8 Å². The Morgan fingerprint density at radius 3 is 3.00 bits per heavy atom. The number of aryl methyl sites for hydroxylation is 1. The summed E-state index contributed by atoms with van der Waals surface area (Å²) in [5.74, 6) is 0.870. The number of hydrogen-bond donors (Lipinski definition) is 1. The summed E-state index contributed by atoms with van der Waals surface area (Å²) >= 11 is 1.56. The molecule has 1 aromatic heterocycles. The average molecular weight is 281 g/mol. The second kappa shape index (κ2) is 6.75. The summed E-state index contributed by atoms with van der Waals surface area (Å²) in [5.41, 5.74) is 0.461. The largest absolute Gasteiger partial charge is 0.478 e. The molecule has 5 nitrogen and oxygen atoms in total. The molecule has 2 heterocycles. The fourth-order valence-electron chi connectivity index (χ4n) is 2.16. The van der Waals surface area contributed by atoms with Crippen molar-refractivity contribution >= 4 is 17.7 Å². The first-order valence-corrected chi connectivity index (χ1v) is 7.68. The van der Waals surface area contributed by atoms with Crippen LogP contribution in [0.5, 0.6) is 0 Å². The summed E-state index contributed by atoms with van der Waals surface area (Å²) in [7, 11) is 0. The number of fused-ring (bicyclic) bond motifs is 1. The number of aromatic nitrogens is 3. The number of rotatable bonds is 5. The Labute approximate surface area is 117 Å². The zero-order chi connectivity index (χ0) is 13.7. The maximum Gasteiger partial charge on any atom is 0.331 e. The third-order valence-corrected chi connectivity index (χ3v) is 4.17. The number of aliphatic carboxylic acids is 1. The van der Waals surface area contributed by atoms with Crippen LogP contribution in [0.3, 0.4) is 0 Å². The van der Waals surface area contributed by atoms with E-state index in [9.17, 15) is 4.79 Å². The van der Waals surface area contributed by atoms with Crippen LogP contribution >= 0.6 is 11.8 Å². The first kappa shape index (κ1) is 14.1. The van der Waals surface area contributed by atoms with Crippen molar-refractivity contribution in [2.24, 2.45) is 0 Å². The molecule has 0 aliphatic carbocycles. The fourth-order valence-corrected chi connectivity index (χ4v) is 3.05. The molecule has 19 heavy (non-hydrogen) atoms. The first-order chi connectivity index (χ1) is 9.22. The van der Waals surface area contributed by atoms with Gasteiger partial charge in [0, 0.05) is 24.3 Å². The van der Waals surface area contributed by atoms with E-state index in [1.807, 2.05) is 6.92 Å². The van der Waals surface area contributed by atoms with Crippen molar-refractivity contribution in [3.8, 4) is 0 Å². The molecule has 0 radical (unpaired) electrons. The SMILES string of the molecule is CCC(=CCSc1nnc2n1CCCCC2)C(=O)O. The summed E-state index contributed by atoms with van der Waals surface area (Å²) in [5, 5.41) is 18.3. The molecule has 0 spiro atoms. The van der Waals surface area contributed by atoms with E-state index >= 15 is 0 Å². The van der Waals surface area contributed by atoms with Gasteiger partial charge in [0.2, 0.25) is 0 Å².